The lowest BCUT2D eigenvalue weighted by Crippen LogP contribution is -2.41. The second kappa shape index (κ2) is 7.28. The van der Waals surface area contributed by atoms with Crippen LogP contribution in [-0.4, -0.2) is 35.7 Å². The normalized spacial score (nSPS) is 27.7. The van der Waals surface area contributed by atoms with Gasteiger partial charge in [-0.05, 0) is 44.9 Å². The van der Waals surface area contributed by atoms with Crippen molar-refractivity contribution in [3.8, 4) is 0 Å². The van der Waals surface area contributed by atoms with Gasteiger partial charge in [0.25, 0.3) is 0 Å². The van der Waals surface area contributed by atoms with Crippen LogP contribution in [0.1, 0.15) is 57.8 Å². The minimum Gasteiger partial charge on any atom is -0.354 e. The van der Waals surface area contributed by atoms with Crippen LogP contribution in [0.4, 0.5) is 0 Å². The number of fused-ring (bicyclic) bond motifs is 1. The average Bonchev–Trinajstić information content (AvgIpc) is 2.81. The van der Waals surface area contributed by atoms with E-state index in [0.29, 0.717) is 6.54 Å². The van der Waals surface area contributed by atoms with Gasteiger partial charge in [0.2, 0.25) is 17.7 Å². The molecule has 0 aromatic carbocycles. The topological polar surface area (TPSA) is 66.5 Å². The smallest absolute Gasteiger partial charge is 0.240 e. The number of imide groups is 1. The van der Waals surface area contributed by atoms with E-state index in [2.05, 4.69) is 11.4 Å². The van der Waals surface area contributed by atoms with Gasteiger partial charge >= 0.3 is 0 Å². The molecule has 1 aliphatic heterocycles. The Kier molecular flexibility index (Phi) is 5.13. The Morgan fingerprint density at radius 3 is 2.39 bits per heavy atom. The monoisotopic (exact) mass is 318 g/mol. The van der Waals surface area contributed by atoms with Crippen LogP contribution in [0.5, 0.6) is 0 Å². The first-order valence-electron chi connectivity index (χ1n) is 8.96. The summed E-state index contributed by atoms with van der Waals surface area (Å²) >= 11 is 0. The average molecular weight is 318 g/mol. The lowest BCUT2D eigenvalue weighted by molar-refractivity contribution is -0.143. The first-order chi connectivity index (χ1) is 11.2. The predicted octanol–water partition coefficient (Wildman–Crippen LogP) is 2.17. The molecule has 1 saturated carbocycles. The van der Waals surface area contributed by atoms with Crippen molar-refractivity contribution in [2.45, 2.75) is 57.8 Å². The van der Waals surface area contributed by atoms with Crippen LogP contribution in [0, 0.1) is 11.8 Å². The van der Waals surface area contributed by atoms with E-state index in [0.717, 1.165) is 44.9 Å². The van der Waals surface area contributed by atoms with Crippen LogP contribution < -0.4 is 5.32 Å². The Morgan fingerprint density at radius 1 is 1.09 bits per heavy atom. The number of carbonyl (C=O) groups is 3. The van der Waals surface area contributed by atoms with E-state index in [9.17, 15) is 14.4 Å². The second-order valence-electron chi connectivity index (χ2n) is 6.97. The van der Waals surface area contributed by atoms with Crippen LogP contribution in [0.15, 0.2) is 11.6 Å². The molecular formula is C18H26N2O3. The van der Waals surface area contributed by atoms with E-state index >= 15 is 0 Å². The van der Waals surface area contributed by atoms with Crippen LogP contribution in [0.25, 0.3) is 0 Å². The maximum atomic E-state index is 12.3. The molecule has 2 aliphatic carbocycles. The van der Waals surface area contributed by atoms with Crippen molar-refractivity contribution in [2.24, 2.45) is 11.8 Å². The fourth-order valence-electron chi connectivity index (χ4n) is 4.08. The largest absolute Gasteiger partial charge is 0.354 e. The minimum absolute atomic E-state index is 0.107. The molecule has 3 rings (SSSR count). The molecule has 126 valence electrons. The van der Waals surface area contributed by atoms with Gasteiger partial charge in [-0.1, -0.05) is 24.5 Å². The third-order valence-corrected chi connectivity index (χ3v) is 5.39. The fraction of sp³-hybridized carbons (Fsp3) is 0.722. The van der Waals surface area contributed by atoms with Crippen LogP contribution >= 0.6 is 0 Å². The van der Waals surface area contributed by atoms with E-state index in [1.807, 2.05) is 0 Å². The quantitative estimate of drug-likeness (QED) is 0.624. The summed E-state index contributed by atoms with van der Waals surface area (Å²) in [6.07, 6.45) is 11.5. The number of hydrogen-bond donors (Lipinski definition) is 1. The number of nitrogens with zero attached hydrogens (tertiary/aromatic N) is 1. The Labute approximate surface area is 137 Å². The molecule has 3 amide bonds. The summed E-state index contributed by atoms with van der Waals surface area (Å²) in [6, 6.07) is 0. The molecule has 23 heavy (non-hydrogen) atoms. The van der Waals surface area contributed by atoms with Gasteiger partial charge < -0.3 is 5.32 Å². The number of hydrogen-bond acceptors (Lipinski definition) is 3. The van der Waals surface area contributed by atoms with Crippen molar-refractivity contribution >= 4 is 17.7 Å². The van der Waals surface area contributed by atoms with Crippen LogP contribution in [0.3, 0.4) is 0 Å². The number of allylic oxidation sites excluding steroid dienone is 1. The molecule has 0 unspecified atom stereocenters. The van der Waals surface area contributed by atoms with Gasteiger partial charge in [-0.2, -0.15) is 0 Å². The molecule has 2 fully saturated rings. The van der Waals surface area contributed by atoms with E-state index in [1.54, 1.807) is 0 Å². The van der Waals surface area contributed by atoms with Gasteiger partial charge in [0, 0.05) is 6.54 Å². The number of rotatable bonds is 5. The van der Waals surface area contributed by atoms with E-state index in [-0.39, 0.29) is 36.1 Å². The Balaban J connectivity index is 1.46. The summed E-state index contributed by atoms with van der Waals surface area (Å²) in [4.78, 5) is 37.9. The van der Waals surface area contributed by atoms with Gasteiger partial charge in [0.05, 0.1) is 11.8 Å². The van der Waals surface area contributed by atoms with Gasteiger partial charge in [0.15, 0.2) is 0 Å². The fourth-order valence-corrected chi connectivity index (χ4v) is 4.08. The molecule has 2 atom stereocenters. The Bertz CT molecular complexity index is 502. The highest BCUT2D eigenvalue weighted by atomic mass is 16.2. The SMILES string of the molecule is O=C(CN1C(=O)[C@H]2CCCC[C@@H]2C1=O)NCCC1=CCCCC1. The Morgan fingerprint density at radius 2 is 1.78 bits per heavy atom. The van der Waals surface area contributed by atoms with Gasteiger partial charge in [-0.3, -0.25) is 19.3 Å². The molecule has 1 N–H and O–H groups in total. The summed E-state index contributed by atoms with van der Waals surface area (Å²) in [5.74, 6) is -0.829. The maximum absolute atomic E-state index is 12.3. The van der Waals surface area contributed by atoms with Crippen molar-refractivity contribution in [2.75, 3.05) is 13.1 Å². The molecule has 0 aromatic rings. The predicted molar refractivity (Wildman–Crippen MR) is 86.3 cm³/mol. The molecule has 0 bridgehead atoms. The number of likely N-dealkylation sites (tertiary alicyclic amines) is 1. The lowest BCUT2D eigenvalue weighted by Gasteiger charge is -2.19. The molecule has 1 saturated heterocycles. The van der Waals surface area contributed by atoms with Gasteiger partial charge in [-0.15, -0.1) is 0 Å². The summed E-state index contributed by atoms with van der Waals surface area (Å²) < 4.78 is 0. The molecule has 5 nitrogen and oxygen atoms in total. The van der Waals surface area contributed by atoms with E-state index < -0.39 is 0 Å². The van der Waals surface area contributed by atoms with Crippen LogP contribution in [0.2, 0.25) is 0 Å². The van der Waals surface area contributed by atoms with Crippen LogP contribution in [-0.2, 0) is 14.4 Å². The van der Waals surface area contributed by atoms with Gasteiger partial charge in [-0.25, -0.2) is 0 Å². The molecule has 0 radical (unpaired) electrons. The highest BCUT2D eigenvalue weighted by molar-refractivity contribution is 6.07. The Hall–Kier alpha value is -1.65. The summed E-state index contributed by atoms with van der Waals surface area (Å²) in [5.41, 5.74) is 1.41. The van der Waals surface area contributed by atoms with E-state index in [4.69, 9.17) is 0 Å². The minimum atomic E-state index is -0.221. The highest BCUT2D eigenvalue weighted by Gasteiger charge is 2.48. The first-order valence-corrected chi connectivity index (χ1v) is 8.96. The molecule has 0 spiro atoms. The highest BCUT2D eigenvalue weighted by Crippen LogP contribution is 2.37. The third-order valence-electron chi connectivity index (χ3n) is 5.39. The zero-order valence-electron chi connectivity index (χ0n) is 13.7. The molecule has 1 heterocycles. The number of amides is 3. The first kappa shape index (κ1) is 16.2. The third kappa shape index (κ3) is 3.65. The lowest BCUT2D eigenvalue weighted by atomic mass is 9.81. The van der Waals surface area contributed by atoms with Crippen molar-refractivity contribution in [1.82, 2.24) is 10.2 Å². The van der Waals surface area contributed by atoms with Crippen molar-refractivity contribution < 1.29 is 14.4 Å². The van der Waals surface area contributed by atoms with Crippen molar-refractivity contribution in [3.05, 3.63) is 11.6 Å². The number of nitrogens with one attached hydrogen (secondary N) is 1. The second-order valence-corrected chi connectivity index (χ2v) is 6.97. The summed E-state index contributed by atoms with van der Waals surface area (Å²) in [5, 5.41) is 2.85. The molecular weight excluding hydrogens is 292 g/mol. The van der Waals surface area contributed by atoms with Gasteiger partial charge in [0.1, 0.15) is 6.54 Å². The summed E-state index contributed by atoms with van der Waals surface area (Å²) in [7, 11) is 0. The van der Waals surface area contributed by atoms with Crippen molar-refractivity contribution in [3.63, 3.8) is 0 Å². The summed E-state index contributed by atoms with van der Waals surface area (Å²) in [6.45, 7) is 0.484. The van der Waals surface area contributed by atoms with E-state index in [1.165, 1.54) is 23.3 Å². The van der Waals surface area contributed by atoms with Crippen molar-refractivity contribution in [1.29, 1.82) is 0 Å². The molecule has 5 heteroatoms. The number of carbonyl (C=O) groups excluding carboxylic acids is 3. The molecule has 0 aromatic heterocycles. The zero-order chi connectivity index (χ0) is 16.2. The maximum Gasteiger partial charge on any atom is 0.240 e. The standard InChI is InChI=1S/C18H26N2O3/c21-16(19-11-10-13-6-2-1-3-7-13)12-20-17(22)14-8-4-5-9-15(14)18(20)23/h6,14-15H,1-5,7-12H2,(H,19,21)/t14-,15-/m0/s1. The zero-order valence-corrected chi connectivity index (χ0v) is 13.7. The molecule has 3 aliphatic rings.